The molecule has 0 aliphatic rings. The van der Waals surface area contributed by atoms with E-state index in [1.165, 1.54) is 11.1 Å². The van der Waals surface area contributed by atoms with Crippen LogP contribution in [0.15, 0.2) is 66.7 Å². The van der Waals surface area contributed by atoms with Crippen molar-refractivity contribution >= 4 is 6.16 Å². The summed E-state index contributed by atoms with van der Waals surface area (Å²) in [7, 11) is 0. The highest BCUT2D eigenvalue weighted by Gasteiger charge is 2.18. The Morgan fingerprint density at radius 3 is 2.18 bits per heavy atom. The molecule has 0 atom stereocenters. The van der Waals surface area contributed by atoms with Gasteiger partial charge in [0, 0.05) is 5.56 Å². The molecule has 0 bridgehead atoms. The summed E-state index contributed by atoms with van der Waals surface area (Å²) in [5.41, 5.74) is 6.63. The van der Waals surface area contributed by atoms with Crippen LogP contribution >= 0.6 is 0 Å². The maximum absolute atomic E-state index is 11.3. The van der Waals surface area contributed by atoms with Crippen molar-refractivity contribution in [3.05, 3.63) is 77.9 Å². The fourth-order valence-electron chi connectivity index (χ4n) is 3.77. The summed E-state index contributed by atoms with van der Waals surface area (Å²) in [6, 6.07) is 21.9. The molecule has 3 aromatic rings. The highest BCUT2D eigenvalue weighted by atomic mass is 16.7. The largest absolute Gasteiger partial charge is 0.511 e. The third-order valence-corrected chi connectivity index (χ3v) is 4.87. The zero-order chi connectivity index (χ0) is 19.9. The third kappa shape index (κ3) is 4.25. The van der Waals surface area contributed by atoms with E-state index in [1.807, 2.05) is 36.4 Å². The maximum Gasteiger partial charge on any atom is 0.511 e. The summed E-state index contributed by atoms with van der Waals surface area (Å²) in [4.78, 5) is 11.3. The van der Waals surface area contributed by atoms with Crippen molar-refractivity contribution in [1.29, 1.82) is 0 Å². The van der Waals surface area contributed by atoms with Crippen LogP contribution in [0.5, 0.6) is 5.75 Å². The van der Waals surface area contributed by atoms with Gasteiger partial charge in [0.25, 0.3) is 0 Å². The first-order valence-corrected chi connectivity index (χ1v) is 9.86. The van der Waals surface area contributed by atoms with E-state index in [9.17, 15) is 9.90 Å². The lowest BCUT2D eigenvalue weighted by Crippen LogP contribution is -2.05. The van der Waals surface area contributed by atoms with Crippen LogP contribution in [0.4, 0.5) is 4.79 Å². The quantitative estimate of drug-likeness (QED) is 0.358. The lowest BCUT2D eigenvalue weighted by Gasteiger charge is -2.19. The van der Waals surface area contributed by atoms with Gasteiger partial charge in [-0.05, 0) is 46.7 Å². The van der Waals surface area contributed by atoms with E-state index < -0.39 is 6.16 Å². The molecule has 0 amide bonds. The molecule has 0 radical (unpaired) electrons. The Hall–Kier alpha value is -3.07. The van der Waals surface area contributed by atoms with Crippen LogP contribution in [0.1, 0.15) is 37.8 Å². The van der Waals surface area contributed by atoms with Gasteiger partial charge in [0.05, 0.1) is 0 Å². The van der Waals surface area contributed by atoms with Gasteiger partial charge in [0.2, 0.25) is 0 Å². The number of hydrogen-bond acceptors (Lipinski definition) is 2. The molecule has 144 valence electrons. The monoisotopic (exact) mass is 374 g/mol. The number of carbonyl (C=O) groups is 1. The zero-order valence-electron chi connectivity index (χ0n) is 16.4. The van der Waals surface area contributed by atoms with Crippen molar-refractivity contribution in [2.75, 3.05) is 0 Å². The molecule has 3 heteroatoms. The Labute approximate surface area is 166 Å². The van der Waals surface area contributed by atoms with Crippen LogP contribution < -0.4 is 4.74 Å². The highest BCUT2D eigenvalue weighted by Crippen LogP contribution is 2.41. The lowest BCUT2D eigenvalue weighted by molar-refractivity contribution is 0.144. The molecule has 0 saturated heterocycles. The minimum absolute atomic E-state index is 0.361. The Bertz CT molecular complexity index is 945. The van der Waals surface area contributed by atoms with E-state index in [2.05, 4.69) is 38.1 Å². The van der Waals surface area contributed by atoms with Crippen LogP contribution in [0, 0.1) is 0 Å². The number of ether oxygens (including phenoxy) is 1. The molecule has 0 saturated carbocycles. The highest BCUT2D eigenvalue weighted by molar-refractivity contribution is 5.90. The van der Waals surface area contributed by atoms with Gasteiger partial charge in [-0.3, -0.25) is 0 Å². The average molecular weight is 374 g/mol. The summed E-state index contributed by atoms with van der Waals surface area (Å²) in [6.07, 6.45) is 2.87. The summed E-state index contributed by atoms with van der Waals surface area (Å²) in [6.45, 7) is 4.38. The van der Waals surface area contributed by atoms with Crippen LogP contribution in [0.3, 0.4) is 0 Å². The van der Waals surface area contributed by atoms with Gasteiger partial charge >= 0.3 is 6.16 Å². The van der Waals surface area contributed by atoms with E-state index in [0.717, 1.165) is 47.9 Å². The lowest BCUT2D eigenvalue weighted by atomic mass is 9.87. The summed E-state index contributed by atoms with van der Waals surface area (Å²) < 4.78 is 5.16. The zero-order valence-corrected chi connectivity index (χ0v) is 16.4. The SMILES string of the molecule is CCCc1cccc(-c2cccc(OC(=O)O)c2-c2ccccc2)c1CCC. The van der Waals surface area contributed by atoms with Crippen LogP contribution in [0.25, 0.3) is 22.3 Å². The molecule has 0 spiro atoms. The molecule has 1 N–H and O–H groups in total. The van der Waals surface area contributed by atoms with E-state index in [-0.39, 0.29) is 0 Å². The number of aryl methyl sites for hydroxylation is 1. The van der Waals surface area contributed by atoms with Crippen molar-refractivity contribution in [2.45, 2.75) is 39.5 Å². The first kappa shape index (κ1) is 19.7. The molecule has 3 rings (SSSR count). The molecule has 28 heavy (non-hydrogen) atoms. The summed E-state index contributed by atoms with van der Waals surface area (Å²) >= 11 is 0. The number of carboxylic acid groups (broad SMARTS) is 1. The van der Waals surface area contributed by atoms with Gasteiger partial charge in [0.1, 0.15) is 5.75 Å². The Morgan fingerprint density at radius 2 is 1.50 bits per heavy atom. The summed E-state index contributed by atoms with van der Waals surface area (Å²) in [5, 5.41) is 9.23. The fraction of sp³-hybridized carbons (Fsp3) is 0.240. The smallest absolute Gasteiger partial charge is 0.449 e. The van der Waals surface area contributed by atoms with Gasteiger partial charge in [-0.15, -0.1) is 0 Å². The number of benzene rings is 3. The van der Waals surface area contributed by atoms with Gasteiger partial charge in [-0.1, -0.05) is 87.4 Å². The van der Waals surface area contributed by atoms with Crippen molar-refractivity contribution in [2.24, 2.45) is 0 Å². The first-order chi connectivity index (χ1) is 13.7. The molecule has 0 fully saturated rings. The molecule has 0 aliphatic heterocycles. The predicted octanol–water partition coefficient (Wildman–Crippen LogP) is 6.98. The Morgan fingerprint density at radius 1 is 0.821 bits per heavy atom. The fourth-order valence-corrected chi connectivity index (χ4v) is 3.77. The second kappa shape index (κ2) is 9.23. The molecule has 0 heterocycles. The van der Waals surface area contributed by atoms with Crippen molar-refractivity contribution in [3.63, 3.8) is 0 Å². The standard InChI is InChI=1S/C25H26O3/c1-3-10-18-14-8-15-21(20(18)11-4-2)22-16-9-17-23(28-25(26)27)24(22)19-12-6-5-7-13-19/h5-9,12-17H,3-4,10-11H2,1-2H3,(H,26,27). The third-order valence-electron chi connectivity index (χ3n) is 4.87. The first-order valence-electron chi connectivity index (χ1n) is 9.86. The van der Waals surface area contributed by atoms with Crippen LogP contribution in [0.2, 0.25) is 0 Å². The van der Waals surface area contributed by atoms with Crippen molar-refractivity contribution < 1.29 is 14.6 Å². The number of rotatable bonds is 7. The Kier molecular flexibility index (Phi) is 6.49. The average Bonchev–Trinajstić information content (AvgIpc) is 2.70. The second-order valence-corrected chi connectivity index (χ2v) is 6.86. The van der Waals surface area contributed by atoms with E-state index in [4.69, 9.17) is 4.74 Å². The molecule has 3 nitrogen and oxygen atoms in total. The van der Waals surface area contributed by atoms with Gasteiger partial charge in [-0.2, -0.15) is 0 Å². The molecule has 0 unspecified atom stereocenters. The molecular formula is C25H26O3. The minimum Gasteiger partial charge on any atom is -0.449 e. The van der Waals surface area contributed by atoms with Crippen molar-refractivity contribution in [1.82, 2.24) is 0 Å². The minimum atomic E-state index is -1.30. The maximum atomic E-state index is 11.3. The molecular weight excluding hydrogens is 348 g/mol. The van der Waals surface area contributed by atoms with E-state index >= 15 is 0 Å². The van der Waals surface area contributed by atoms with Crippen molar-refractivity contribution in [3.8, 4) is 28.0 Å². The van der Waals surface area contributed by atoms with Crippen LogP contribution in [-0.4, -0.2) is 11.3 Å². The van der Waals surface area contributed by atoms with Gasteiger partial charge < -0.3 is 9.84 Å². The van der Waals surface area contributed by atoms with Gasteiger partial charge in [0.15, 0.2) is 0 Å². The van der Waals surface area contributed by atoms with E-state index in [0.29, 0.717) is 5.75 Å². The molecule has 0 aromatic heterocycles. The second-order valence-electron chi connectivity index (χ2n) is 6.86. The number of hydrogen-bond donors (Lipinski definition) is 1. The molecule has 0 aliphatic carbocycles. The molecule has 3 aromatic carbocycles. The van der Waals surface area contributed by atoms with E-state index in [1.54, 1.807) is 6.07 Å². The van der Waals surface area contributed by atoms with Crippen LogP contribution in [-0.2, 0) is 12.8 Å². The van der Waals surface area contributed by atoms with Gasteiger partial charge in [-0.25, -0.2) is 4.79 Å². The summed E-state index contributed by atoms with van der Waals surface area (Å²) in [5.74, 6) is 0.361. The topological polar surface area (TPSA) is 46.5 Å². The Balaban J connectivity index is 2.28. The normalized spacial score (nSPS) is 10.6. The predicted molar refractivity (Wildman–Crippen MR) is 114 cm³/mol.